The Morgan fingerprint density at radius 2 is 2.18 bits per heavy atom. The fourth-order valence-electron chi connectivity index (χ4n) is 1.21. The molecule has 0 aliphatic heterocycles. The molecule has 1 aromatic rings. The van der Waals surface area contributed by atoms with Crippen LogP contribution in [0, 0.1) is 0 Å². The van der Waals surface area contributed by atoms with E-state index in [1.807, 2.05) is 12.2 Å². The van der Waals surface area contributed by atoms with Gasteiger partial charge >= 0.3 is 0 Å². The molecule has 0 amide bonds. The quantitative estimate of drug-likeness (QED) is 0.593. The fourth-order valence-corrected chi connectivity index (χ4v) is 1.21. The molecular formula is C8H9N3. The third-order valence-corrected chi connectivity index (χ3v) is 1.77. The van der Waals surface area contributed by atoms with Crippen LogP contribution in [0.15, 0.2) is 18.5 Å². The first-order chi connectivity index (χ1) is 5.38. The van der Waals surface area contributed by atoms with Crippen LogP contribution in [0.2, 0.25) is 0 Å². The van der Waals surface area contributed by atoms with E-state index in [0.717, 1.165) is 17.8 Å². The Balaban J connectivity index is 2.54. The zero-order chi connectivity index (χ0) is 7.68. The van der Waals surface area contributed by atoms with Gasteiger partial charge in [-0.3, -0.25) is 9.97 Å². The van der Waals surface area contributed by atoms with Crippen molar-refractivity contribution >= 4 is 6.08 Å². The third kappa shape index (κ3) is 1.03. The van der Waals surface area contributed by atoms with Crippen LogP contribution < -0.4 is 5.73 Å². The maximum atomic E-state index is 5.79. The molecule has 1 aliphatic rings. The number of rotatable bonds is 0. The molecule has 0 saturated carbocycles. The molecule has 1 heterocycles. The van der Waals surface area contributed by atoms with Crippen LogP contribution in [0.3, 0.4) is 0 Å². The van der Waals surface area contributed by atoms with Crippen LogP contribution in [0.1, 0.15) is 23.9 Å². The maximum Gasteiger partial charge on any atom is 0.0858 e. The lowest BCUT2D eigenvalue weighted by molar-refractivity contribution is 0.696. The largest absolute Gasteiger partial charge is 0.322 e. The average molecular weight is 147 g/mol. The molecule has 1 atom stereocenters. The second kappa shape index (κ2) is 2.43. The van der Waals surface area contributed by atoms with Crippen molar-refractivity contribution in [3.63, 3.8) is 0 Å². The van der Waals surface area contributed by atoms with Gasteiger partial charge in [-0.1, -0.05) is 6.08 Å². The summed E-state index contributed by atoms with van der Waals surface area (Å²) in [5.41, 5.74) is 7.61. The SMILES string of the molecule is NC1CC=Cc2nccnc21. The van der Waals surface area contributed by atoms with Gasteiger partial charge in [-0.2, -0.15) is 0 Å². The maximum absolute atomic E-state index is 5.79. The highest BCUT2D eigenvalue weighted by molar-refractivity contribution is 5.50. The van der Waals surface area contributed by atoms with Crippen molar-refractivity contribution < 1.29 is 0 Å². The van der Waals surface area contributed by atoms with Gasteiger partial charge in [-0.05, 0) is 12.5 Å². The molecule has 0 fully saturated rings. The van der Waals surface area contributed by atoms with Gasteiger partial charge in [0.2, 0.25) is 0 Å². The smallest absolute Gasteiger partial charge is 0.0858 e. The fraction of sp³-hybridized carbons (Fsp3) is 0.250. The van der Waals surface area contributed by atoms with Gasteiger partial charge in [0, 0.05) is 12.4 Å². The lowest BCUT2D eigenvalue weighted by Gasteiger charge is -2.14. The predicted octanol–water partition coefficient (Wildman–Crippen LogP) is 0.893. The minimum atomic E-state index is 0.0312. The van der Waals surface area contributed by atoms with Gasteiger partial charge in [-0.25, -0.2) is 0 Å². The topological polar surface area (TPSA) is 51.8 Å². The first-order valence-electron chi connectivity index (χ1n) is 3.61. The van der Waals surface area contributed by atoms with Crippen molar-refractivity contribution in [3.05, 3.63) is 29.9 Å². The highest BCUT2D eigenvalue weighted by Crippen LogP contribution is 2.20. The number of hydrogen-bond donors (Lipinski definition) is 1. The molecule has 2 rings (SSSR count). The van der Waals surface area contributed by atoms with Crippen molar-refractivity contribution in [1.82, 2.24) is 9.97 Å². The molecule has 0 bridgehead atoms. The number of hydrogen-bond acceptors (Lipinski definition) is 3. The summed E-state index contributed by atoms with van der Waals surface area (Å²) >= 11 is 0. The molecule has 1 aliphatic carbocycles. The van der Waals surface area contributed by atoms with Crippen LogP contribution in [0.5, 0.6) is 0 Å². The molecule has 2 N–H and O–H groups in total. The summed E-state index contributed by atoms with van der Waals surface area (Å²) < 4.78 is 0. The van der Waals surface area contributed by atoms with E-state index in [9.17, 15) is 0 Å². The van der Waals surface area contributed by atoms with E-state index in [-0.39, 0.29) is 6.04 Å². The van der Waals surface area contributed by atoms with Crippen molar-refractivity contribution in [2.24, 2.45) is 5.73 Å². The van der Waals surface area contributed by atoms with Crippen LogP contribution >= 0.6 is 0 Å². The number of nitrogens with two attached hydrogens (primary N) is 1. The molecule has 0 aromatic carbocycles. The molecule has 0 radical (unpaired) electrons. The Morgan fingerprint density at radius 1 is 1.36 bits per heavy atom. The summed E-state index contributed by atoms with van der Waals surface area (Å²) in [5, 5.41) is 0. The lowest BCUT2D eigenvalue weighted by Crippen LogP contribution is -2.15. The van der Waals surface area contributed by atoms with E-state index in [2.05, 4.69) is 9.97 Å². The summed E-state index contributed by atoms with van der Waals surface area (Å²) in [6.07, 6.45) is 8.22. The Kier molecular flexibility index (Phi) is 1.43. The zero-order valence-electron chi connectivity index (χ0n) is 6.07. The van der Waals surface area contributed by atoms with E-state index < -0.39 is 0 Å². The molecule has 0 spiro atoms. The van der Waals surface area contributed by atoms with Gasteiger partial charge in [-0.15, -0.1) is 0 Å². The monoisotopic (exact) mass is 147 g/mol. The van der Waals surface area contributed by atoms with E-state index in [1.165, 1.54) is 0 Å². The van der Waals surface area contributed by atoms with E-state index in [0.29, 0.717) is 0 Å². The summed E-state index contributed by atoms with van der Waals surface area (Å²) in [6, 6.07) is 0.0312. The van der Waals surface area contributed by atoms with Crippen LogP contribution in [0.4, 0.5) is 0 Å². The molecule has 1 unspecified atom stereocenters. The molecule has 0 saturated heterocycles. The van der Waals surface area contributed by atoms with E-state index >= 15 is 0 Å². The minimum Gasteiger partial charge on any atom is -0.322 e. The highest BCUT2D eigenvalue weighted by Gasteiger charge is 2.13. The lowest BCUT2D eigenvalue weighted by atomic mass is 10.0. The Morgan fingerprint density at radius 3 is 3.00 bits per heavy atom. The first kappa shape index (κ1) is 6.49. The van der Waals surface area contributed by atoms with Crippen LogP contribution in [-0.4, -0.2) is 9.97 Å². The number of nitrogens with zero attached hydrogens (tertiary/aromatic N) is 2. The summed E-state index contributed by atoms with van der Waals surface area (Å²) in [6.45, 7) is 0. The second-order valence-corrected chi connectivity index (χ2v) is 2.57. The van der Waals surface area contributed by atoms with Crippen LogP contribution in [0.25, 0.3) is 6.08 Å². The van der Waals surface area contributed by atoms with Gasteiger partial charge in [0.25, 0.3) is 0 Å². The predicted molar refractivity (Wildman–Crippen MR) is 42.6 cm³/mol. The van der Waals surface area contributed by atoms with E-state index in [1.54, 1.807) is 12.4 Å². The molecule has 1 aromatic heterocycles. The van der Waals surface area contributed by atoms with E-state index in [4.69, 9.17) is 5.73 Å². The van der Waals surface area contributed by atoms with Gasteiger partial charge in [0.05, 0.1) is 17.4 Å². The average Bonchev–Trinajstić information content (AvgIpc) is 2.06. The zero-order valence-corrected chi connectivity index (χ0v) is 6.07. The molecular weight excluding hydrogens is 138 g/mol. The number of fused-ring (bicyclic) bond motifs is 1. The summed E-state index contributed by atoms with van der Waals surface area (Å²) in [4.78, 5) is 8.30. The minimum absolute atomic E-state index is 0.0312. The third-order valence-electron chi connectivity index (χ3n) is 1.77. The highest BCUT2D eigenvalue weighted by atomic mass is 14.8. The standard InChI is InChI=1S/C8H9N3/c9-6-2-1-3-7-8(6)11-5-4-10-7/h1,3-6H,2,9H2. The molecule has 56 valence electrons. The summed E-state index contributed by atoms with van der Waals surface area (Å²) in [5.74, 6) is 0. The van der Waals surface area contributed by atoms with Gasteiger partial charge in [0.15, 0.2) is 0 Å². The molecule has 3 nitrogen and oxygen atoms in total. The molecule has 11 heavy (non-hydrogen) atoms. The van der Waals surface area contributed by atoms with Gasteiger partial charge < -0.3 is 5.73 Å². The van der Waals surface area contributed by atoms with Crippen LogP contribution in [-0.2, 0) is 0 Å². The number of aromatic nitrogens is 2. The Labute approximate surface area is 65.0 Å². The molecule has 3 heteroatoms. The first-order valence-corrected chi connectivity index (χ1v) is 3.61. The van der Waals surface area contributed by atoms with Crippen molar-refractivity contribution in [3.8, 4) is 0 Å². The summed E-state index contributed by atoms with van der Waals surface area (Å²) in [7, 11) is 0. The second-order valence-electron chi connectivity index (χ2n) is 2.57. The van der Waals surface area contributed by atoms with Gasteiger partial charge in [0.1, 0.15) is 0 Å². The van der Waals surface area contributed by atoms with Crippen molar-refractivity contribution in [1.29, 1.82) is 0 Å². The van der Waals surface area contributed by atoms with Crippen molar-refractivity contribution in [2.45, 2.75) is 12.5 Å². The Hall–Kier alpha value is -1.22. The van der Waals surface area contributed by atoms with Crippen molar-refractivity contribution in [2.75, 3.05) is 0 Å². The Bertz CT molecular complexity index is 293. The normalized spacial score (nSPS) is 21.4.